The summed E-state index contributed by atoms with van der Waals surface area (Å²) in [5.41, 5.74) is 4.89. The van der Waals surface area contributed by atoms with Crippen LogP contribution in [-0.4, -0.2) is 31.0 Å². The van der Waals surface area contributed by atoms with E-state index in [0.29, 0.717) is 12.0 Å². The largest absolute Gasteiger partial charge is 0.324 e. The number of benzene rings is 1. The lowest BCUT2D eigenvalue weighted by molar-refractivity contribution is 0.232. The molecule has 0 atom stereocenters. The zero-order valence-electron chi connectivity index (χ0n) is 17.6. The van der Waals surface area contributed by atoms with Gasteiger partial charge >= 0.3 is 0 Å². The Morgan fingerprint density at radius 1 is 1.07 bits per heavy atom. The van der Waals surface area contributed by atoms with Gasteiger partial charge in [-0.1, -0.05) is 31.4 Å². The Kier molecular flexibility index (Phi) is 5.08. The maximum Gasteiger partial charge on any atom is 0.131 e. The second-order valence-electron chi connectivity index (χ2n) is 8.98. The number of hydrogen-bond donors (Lipinski definition) is 0. The van der Waals surface area contributed by atoms with Crippen molar-refractivity contribution in [3.63, 3.8) is 0 Å². The van der Waals surface area contributed by atoms with E-state index in [1.165, 1.54) is 48.9 Å². The number of aromatic nitrogens is 4. The van der Waals surface area contributed by atoms with Gasteiger partial charge in [0.25, 0.3) is 0 Å². The SMILES string of the molecule is CC(C)n1c(CN2CCc3nc(C4CCCCC4)ncc3C2)nc2ccccc21. The van der Waals surface area contributed by atoms with E-state index in [-0.39, 0.29) is 0 Å². The van der Waals surface area contributed by atoms with Crippen molar-refractivity contribution in [2.75, 3.05) is 6.54 Å². The van der Waals surface area contributed by atoms with Gasteiger partial charge in [-0.05, 0) is 38.8 Å². The smallest absolute Gasteiger partial charge is 0.131 e. The number of para-hydroxylation sites is 2. The van der Waals surface area contributed by atoms with Gasteiger partial charge in [-0.3, -0.25) is 4.90 Å². The lowest BCUT2D eigenvalue weighted by Gasteiger charge is -2.29. The molecule has 0 radical (unpaired) electrons. The first-order valence-corrected chi connectivity index (χ1v) is 11.2. The van der Waals surface area contributed by atoms with Crippen molar-refractivity contribution in [1.82, 2.24) is 24.4 Å². The van der Waals surface area contributed by atoms with Crippen LogP contribution in [0.2, 0.25) is 0 Å². The van der Waals surface area contributed by atoms with Gasteiger partial charge in [-0.25, -0.2) is 15.0 Å². The topological polar surface area (TPSA) is 46.8 Å². The van der Waals surface area contributed by atoms with Crippen molar-refractivity contribution in [3.05, 3.63) is 53.4 Å². The maximum absolute atomic E-state index is 5.00. The third kappa shape index (κ3) is 3.68. The highest BCUT2D eigenvalue weighted by Gasteiger charge is 2.24. The number of nitrogens with zero attached hydrogens (tertiary/aromatic N) is 5. The van der Waals surface area contributed by atoms with Crippen LogP contribution < -0.4 is 0 Å². The minimum Gasteiger partial charge on any atom is -0.324 e. The quantitative estimate of drug-likeness (QED) is 0.629. The highest BCUT2D eigenvalue weighted by molar-refractivity contribution is 5.76. The van der Waals surface area contributed by atoms with E-state index in [9.17, 15) is 0 Å². The van der Waals surface area contributed by atoms with E-state index in [1.807, 2.05) is 0 Å². The summed E-state index contributed by atoms with van der Waals surface area (Å²) in [7, 11) is 0. The molecule has 0 saturated heterocycles. The number of fused-ring (bicyclic) bond motifs is 2. The first kappa shape index (κ1) is 18.7. The molecule has 5 heteroatoms. The molecule has 1 aliphatic carbocycles. The lowest BCUT2D eigenvalue weighted by atomic mass is 9.88. The van der Waals surface area contributed by atoms with Crippen LogP contribution in [0, 0.1) is 0 Å². The van der Waals surface area contributed by atoms with Crippen LogP contribution in [-0.2, 0) is 19.5 Å². The molecule has 2 aliphatic rings. The summed E-state index contributed by atoms with van der Waals surface area (Å²) in [5, 5.41) is 0. The predicted molar refractivity (Wildman–Crippen MR) is 116 cm³/mol. The van der Waals surface area contributed by atoms with Gasteiger partial charge in [0.1, 0.15) is 11.6 Å². The number of imidazole rings is 1. The van der Waals surface area contributed by atoms with E-state index in [2.05, 4.69) is 53.8 Å². The summed E-state index contributed by atoms with van der Waals surface area (Å²) in [4.78, 5) is 17.2. The Labute approximate surface area is 173 Å². The molecule has 0 unspecified atom stereocenters. The van der Waals surface area contributed by atoms with Crippen LogP contribution in [0.3, 0.4) is 0 Å². The molecule has 1 saturated carbocycles. The van der Waals surface area contributed by atoms with E-state index < -0.39 is 0 Å². The maximum atomic E-state index is 5.00. The van der Waals surface area contributed by atoms with Gasteiger partial charge in [0.05, 0.1) is 17.6 Å². The molecule has 0 spiro atoms. The standard InChI is InChI=1S/C24H31N5/c1-17(2)29-22-11-7-6-10-21(22)26-23(29)16-28-13-12-20-19(15-28)14-25-24(27-20)18-8-4-3-5-9-18/h6-7,10-11,14,17-18H,3-5,8-9,12-13,15-16H2,1-2H3. The fraction of sp³-hybridized carbons (Fsp3) is 0.542. The molecule has 152 valence electrons. The molecule has 1 aromatic carbocycles. The minimum absolute atomic E-state index is 0.399. The summed E-state index contributed by atoms with van der Waals surface area (Å²) in [6.07, 6.45) is 9.67. The Balaban J connectivity index is 1.35. The molecule has 0 amide bonds. The Morgan fingerprint density at radius 2 is 1.90 bits per heavy atom. The predicted octanol–water partition coefficient (Wildman–Crippen LogP) is 5.01. The first-order valence-electron chi connectivity index (χ1n) is 11.2. The first-order chi connectivity index (χ1) is 14.2. The van der Waals surface area contributed by atoms with Gasteiger partial charge < -0.3 is 4.57 Å². The minimum atomic E-state index is 0.399. The fourth-order valence-electron chi connectivity index (χ4n) is 5.06. The molecule has 5 rings (SSSR count). The van der Waals surface area contributed by atoms with Gasteiger partial charge in [0.15, 0.2) is 0 Å². The zero-order valence-corrected chi connectivity index (χ0v) is 17.6. The van der Waals surface area contributed by atoms with Gasteiger partial charge in [0.2, 0.25) is 0 Å². The number of hydrogen-bond acceptors (Lipinski definition) is 4. The number of rotatable bonds is 4. The summed E-state index contributed by atoms with van der Waals surface area (Å²) < 4.78 is 2.38. The van der Waals surface area contributed by atoms with Crippen molar-refractivity contribution >= 4 is 11.0 Å². The Hall–Kier alpha value is -2.27. The second-order valence-corrected chi connectivity index (χ2v) is 8.98. The van der Waals surface area contributed by atoms with Crippen molar-refractivity contribution in [2.45, 2.75) is 77.4 Å². The van der Waals surface area contributed by atoms with Crippen molar-refractivity contribution in [3.8, 4) is 0 Å². The van der Waals surface area contributed by atoms with Gasteiger partial charge in [-0.15, -0.1) is 0 Å². The van der Waals surface area contributed by atoms with E-state index in [1.54, 1.807) is 0 Å². The molecular formula is C24H31N5. The summed E-state index contributed by atoms with van der Waals surface area (Å²) >= 11 is 0. The average Bonchev–Trinajstić information content (AvgIpc) is 3.12. The van der Waals surface area contributed by atoms with Crippen LogP contribution in [0.5, 0.6) is 0 Å². The lowest BCUT2D eigenvalue weighted by Crippen LogP contribution is -2.32. The molecule has 3 heterocycles. The van der Waals surface area contributed by atoms with Crippen LogP contribution in [0.1, 0.15) is 80.8 Å². The van der Waals surface area contributed by atoms with E-state index in [0.717, 1.165) is 43.2 Å². The molecule has 0 bridgehead atoms. The van der Waals surface area contributed by atoms with Crippen LogP contribution in [0.15, 0.2) is 30.5 Å². The normalized spacial score (nSPS) is 18.4. The van der Waals surface area contributed by atoms with E-state index in [4.69, 9.17) is 15.0 Å². The van der Waals surface area contributed by atoms with Crippen LogP contribution in [0.4, 0.5) is 0 Å². The second kappa shape index (κ2) is 7.86. The average molecular weight is 390 g/mol. The van der Waals surface area contributed by atoms with Gasteiger partial charge in [-0.2, -0.15) is 0 Å². The molecule has 5 nitrogen and oxygen atoms in total. The third-order valence-corrected chi connectivity index (χ3v) is 6.55. The molecular weight excluding hydrogens is 358 g/mol. The fourth-order valence-corrected chi connectivity index (χ4v) is 5.06. The van der Waals surface area contributed by atoms with Crippen LogP contribution >= 0.6 is 0 Å². The van der Waals surface area contributed by atoms with Crippen molar-refractivity contribution < 1.29 is 0 Å². The molecule has 0 N–H and O–H groups in total. The molecule has 1 fully saturated rings. The zero-order chi connectivity index (χ0) is 19.8. The molecule has 29 heavy (non-hydrogen) atoms. The molecule has 3 aromatic rings. The Bertz CT molecular complexity index is 1000. The molecule has 1 aliphatic heterocycles. The summed E-state index contributed by atoms with van der Waals surface area (Å²) in [6.45, 7) is 7.31. The highest BCUT2D eigenvalue weighted by Crippen LogP contribution is 2.31. The summed E-state index contributed by atoms with van der Waals surface area (Å²) in [5.74, 6) is 2.83. The van der Waals surface area contributed by atoms with Crippen molar-refractivity contribution in [1.29, 1.82) is 0 Å². The van der Waals surface area contributed by atoms with Crippen LogP contribution in [0.25, 0.3) is 11.0 Å². The highest BCUT2D eigenvalue weighted by atomic mass is 15.2. The van der Waals surface area contributed by atoms with Gasteiger partial charge in [0, 0.05) is 48.9 Å². The Morgan fingerprint density at radius 3 is 2.72 bits per heavy atom. The monoisotopic (exact) mass is 389 g/mol. The summed E-state index contributed by atoms with van der Waals surface area (Å²) in [6, 6.07) is 8.87. The third-order valence-electron chi connectivity index (χ3n) is 6.55. The molecule has 2 aromatic heterocycles. The van der Waals surface area contributed by atoms with Crippen molar-refractivity contribution in [2.24, 2.45) is 0 Å². The van der Waals surface area contributed by atoms with E-state index >= 15 is 0 Å².